The lowest BCUT2D eigenvalue weighted by Gasteiger charge is -2.26. The number of hydrogen-bond acceptors (Lipinski definition) is 9. The van der Waals surface area contributed by atoms with Gasteiger partial charge in [-0.15, -0.1) is 5.10 Å². The second-order valence-electron chi connectivity index (χ2n) is 15.6. The van der Waals surface area contributed by atoms with Crippen LogP contribution in [0.15, 0.2) is 124 Å². The van der Waals surface area contributed by atoms with E-state index in [0.29, 0.717) is 16.9 Å². The number of piperidine rings is 2. The molecule has 7 aromatic rings. The van der Waals surface area contributed by atoms with Crippen molar-refractivity contribution in [2.45, 2.75) is 51.4 Å². The standard InChI is InChI=1S/C27H26FN7.C19H21BrN4/c28-25-9-8-21(14-23(25)26-17-30-33-32-26)24-16-31-35-18-22(15-29-27(24)35)20-6-4-19(5-7-20)10-13-34-11-2-1-3-12-34;20-18-13-22-24-14-17(12-21-19(18)24)16-6-4-15(5-7-16)8-11-23-9-2-1-3-10-23/h4-9,14-16,18H,1-3,10-13,17H2;4-7,12-14H,1-3,8-11H2. The van der Waals surface area contributed by atoms with E-state index < -0.39 is 0 Å². The molecule has 3 aliphatic heterocycles. The Morgan fingerprint density at radius 2 is 1.10 bits per heavy atom. The van der Waals surface area contributed by atoms with E-state index in [4.69, 9.17) is 4.98 Å². The molecule has 4 aromatic heterocycles. The molecule has 3 aliphatic rings. The summed E-state index contributed by atoms with van der Waals surface area (Å²) < 4.78 is 18.9. The Morgan fingerprint density at radius 1 is 0.559 bits per heavy atom. The van der Waals surface area contributed by atoms with Crippen LogP contribution in [0.3, 0.4) is 0 Å². The van der Waals surface area contributed by atoms with Crippen LogP contribution in [0, 0.1) is 5.82 Å². The van der Waals surface area contributed by atoms with E-state index in [1.54, 1.807) is 29.0 Å². The first kappa shape index (κ1) is 39.0. The number of nitrogens with zero attached hydrogens (tertiary/aromatic N) is 11. The molecular formula is C46H47BrFN11. The molecule has 2 fully saturated rings. The molecule has 13 heteroatoms. The minimum Gasteiger partial charge on any atom is -0.303 e. The molecule has 11 nitrogen and oxygen atoms in total. The van der Waals surface area contributed by atoms with Gasteiger partial charge in [-0.05, 0) is 126 Å². The Bertz CT molecular complexity index is 2590. The fraction of sp³-hybridized carbons (Fsp3) is 0.326. The second kappa shape index (κ2) is 18.2. The molecule has 0 bridgehead atoms. The Kier molecular flexibility index (Phi) is 12.0. The summed E-state index contributed by atoms with van der Waals surface area (Å²) in [6.45, 7) is 7.59. The van der Waals surface area contributed by atoms with Crippen molar-refractivity contribution in [1.29, 1.82) is 0 Å². The molecule has 3 aromatic carbocycles. The van der Waals surface area contributed by atoms with Gasteiger partial charge in [-0.25, -0.2) is 23.4 Å². The normalized spacial score (nSPS) is 16.1. The van der Waals surface area contributed by atoms with Gasteiger partial charge in [0.05, 0.1) is 22.6 Å². The molecule has 59 heavy (non-hydrogen) atoms. The molecular weight excluding hydrogens is 805 g/mol. The van der Waals surface area contributed by atoms with Crippen molar-refractivity contribution >= 4 is 32.9 Å². The first-order valence-electron chi connectivity index (χ1n) is 20.7. The van der Waals surface area contributed by atoms with Crippen LogP contribution >= 0.6 is 15.9 Å². The molecule has 0 radical (unpaired) electrons. The lowest BCUT2D eigenvalue weighted by Crippen LogP contribution is -2.31. The molecule has 0 unspecified atom stereocenters. The molecule has 10 rings (SSSR count). The van der Waals surface area contributed by atoms with Crippen molar-refractivity contribution in [2.75, 3.05) is 45.8 Å². The van der Waals surface area contributed by atoms with Gasteiger partial charge in [0.1, 0.15) is 12.4 Å². The number of halogens is 2. The minimum atomic E-state index is -0.342. The van der Waals surface area contributed by atoms with Gasteiger partial charge in [-0.2, -0.15) is 15.3 Å². The number of aromatic nitrogens is 6. The Labute approximate surface area is 351 Å². The summed E-state index contributed by atoms with van der Waals surface area (Å²) in [5, 5.41) is 20.2. The van der Waals surface area contributed by atoms with Crippen molar-refractivity contribution in [3.8, 4) is 33.4 Å². The third-order valence-corrected chi connectivity index (χ3v) is 12.2. The van der Waals surface area contributed by atoms with Crippen molar-refractivity contribution in [1.82, 2.24) is 39.0 Å². The number of hydrogen-bond donors (Lipinski definition) is 0. The maximum Gasteiger partial charge on any atom is 0.169 e. The second-order valence-corrected chi connectivity index (χ2v) is 16.5. The molecule has 7 heterocycles. The van der Waals surface area contributed by atoms with Crippen LogP contribution < -0.4 is 0 Å². The van der Waals surface area contributed by atoms with Gasteiger partial charge in [0, 0.05) is 60.1 Å². The van der Waals surface area contributed by atoms with Crippen molar-refractivity contribution in [2.24, 2.45) is 15.4 Å². The van der Waals surface area contributed by atoms with Gasteiger partial charge < -0.3 is 9.80 Å². The predicted molar refractivity (Wildman–Crippen MR) is 234 cm³/mol. The number of benzene rings is 3. The maximum absolute atomic E-state index is 14.4. The first-order valence-corrected chi connectivity index (χ1v) is 21.5. The van der Waals surface area contributed by atoms with E-state index in [2.05, 4.69) is 105 Å². The summed E-state index contributed by atoms with van der Waals surface area (Å²) >= 11 is 3.46. The molecule has 0 atom stereocenters. The van der Waals surface area contributed by atoms with E-state index >= 15 is 0 Å². The number of fused-ring (bicyclic) bond motifs is 2. The highest BCUT2D eigenvalue weighted by Gasteiger charge is 2.17. The topological polar surface area (TPSA) is 104 Å². The summed E-state index contributed by atoms with van der Waals surface area (Å²) in [7, 11) is 0. The molecule has 0 amide bonds. The van der Waals surface area contributed by atoms with Crippen LogP contribution in [0.5, 0.6) is 0 Å². The lowest BCUT2D eigenvalue weighted by atomic mass is 10.0. The van der Waals surface area contributed by atoms with Crippen molar-refractivity contribution in [3.05, 3.63) is 131 Å². The van der Waals surface area contributed by atoms with Crippen LogP contribution in [0.2, 0.25) is 0 Å². The fourth-order valence-electron chi connectivity index (χ4n) is 8.16. The van der Waals surface area contributed by atoms with Crippen LogP contribution in [-0.2, 0) is 12.8 Å². The monoisotopic (exact) mass is 851 g/mol. The summed E-state index contributed by atoms with van der Waals surface area (Å²) in [4.78, 5) is 14.3. The smallest absolute Gasteiger partial charge is 0.169 e. The number of likely N-dealkylation sites (tertiary alicyclic amines) is 2. The minimum absolute atomic E-state index is 0.286. The molecule has 0 spiro atoms. The van der Waals surface area contributed by atoms with Gasteiger partial charge in [0.15, 0.2) is 11.3 Å². The van der Waals surface area contributed by atoms with Gasteiger partial charge in [0.25, 0.3) is 0 Å². The first-order chi connectivity index (χ1) is 29.0. The lowest BCUT2D eigenvalue weighted by molar-refractivity contribution is 0.231. The fourth-order valence-corrected chi connectivity index (χ4v) is 8.53. The van der Waals surface area contributed by atoms with Gasteiger partial charge in [-0.1, -0.05) is 67.4 Å². The summed E-state index contributed by atoms with van der Waals surface area (Å²) in [5.74, 6) is -0.342. The van der Waals surface area contributed by atoms with E-state index in [9.17, 15) is 4.39 Å². The van der Waals surface area contributed by atoms with Gasteiger partial charge >= 0.3 is 0 Å². The van der Waals surface area contributed by atoms with Crippen molar-refractivity contribution in [3.63, 3.8) is 0 Å². The predicted octanol–water partition coefficient (Wildman–Crippen LogP) is 9.59. The van der Waals surface area contributed by atoms with Crippen molar-refractivity contribution < 1.29 is 4.39 Å². The quantitative estimate of drug-likeness (QED) is 0.136. The third-order valence-electron chi connectivity index (χ3n) is 11.6. The van der Waals surface area contributed by atoms with E-state index in [1.807, 2.05) is 29.3 Å². The highest BCUT2D eigenvalue weighted by Crippen LogP contribution is 2.29. The zero-order valence-corrected chi connectivity index (χ0v) is 34.7. The van der Waals surface area contributed by atoms with Gasteiger partial charge in [-0.3, -0.25) is 0 Å². The summed E-state index contributed by atoms with van der Waals surface area (Å²) in [6.07, 6.45) is 21.7. The largest absolute Gasteiger partial charge is 0.303 e. The Balaban J connectivity index is 0.000000163. The molecule has 0 N–H and O–H groups in total. The zero-order valence-electron chi connectivity index (χ0n) is 33.1. The van der Waals surface area contributed by atoms with Crippen LogP contribution in [0.1, 0.15) is 55.2 Å². The molecule has 2 saturated heterocycles. The molecule has 0 saturated carbocycles. The third kappa shape index (κ3) is 9.22. The maximum atomic E-state index is 14.4. The molecule has 0 aliphatic carbocycles. The summed E-state index contributed by atoms with van der Waals surface area (Å²) in [6, 6.07) is 22.5. The van der Waals surface area contributed by atoms with E-state index in [0.717, 1.165) is 57.3 Å². The highest BCUT2D eigenvalue weighted by atomic mass is 79.9. The zero-order chi connectivity index (χ0) is 40.0. The Morgan fingerprint density at radius 3 is 1.68 bits per heavy atom. The molecule has 300 valence electrons. The van der Waals surface area contributed by atoms with Gasteiger partial charge in [0.2, 0.25) is 0 Å². The summed E-state index contributed by atoms with van der Waals surface area (Å²) in [5.41, 5.74) is 11.3. The van der Waals surface area contributed by atoms with Crippen LogP contribution in [0.4, 0.5) is 4.39 Å². The SMILES string of the molecule is Brc1cnn2cc(-c3ccc(CCN4CCCCC4)cc3)cnc12.Fc1ccc(-c2cnn3cc(-c4ccc(CCN5CCCCC5)cc4)cnc23)cc1C1=NN=NC1. The highest BCUT2D eigenvalue weighted by molar-refractivity contribution is 9.10. The Hall–Kier alpha value is -5.50. The van der Waals surface area contributed by atoms with Crippen LogP contribution in [-0.4, -0.2) is 90.5 Å². The average Bonchev–Trinajstić information content (AvgIpc) is 4.07. The van der Waals surface area contributed by atoms with E-state index in [1.165, 1.54) is 94.0 Å². The van der Waals surface area contributed by atoms with E-state index in [-0.39, 0.29) is 12.4 Å². The average molecular weight is 853 g/mol. The van der Waals surface area contributed by atoms with Crippen LogP contribution in [0.25, 0.3) is 44.7 Å². The number of rotatable bonds is 10.